The molecule has 0 aromatic heterocycles. The van der Waals surface area contributed by atoms with Crippen LogP contribution in [-0.2, 0) is 0 Å². The first-order chi connectivity index (χ1) is 9.46. The van der Waals surface area contributed by atoms with Gasteiger partial charge in [0.15, 0.2) is 0 Å². The van der Waals surface area contributed by atoms with Crippen LogP contribution in [0.15, 0.2) is 18.2 Å². The summed E-state index contributed by atoms with van der Waals surface area (Å²) in [6, 6.07) is 5.57. The number of nitrogens with zero attached hydrogens (tertiary/aromatic N) is 1. The van der Waals surface area contributed by atoms with E-state index in [0.29, 0.717) is 5.02 Å². The van der Waals surface area contributed by atoms with E-state index in [1.54, 1.807) is 7.11 Å². The van der Waals surface area contributed by atoms with E-state index in [4.69, 9.17) is 22.2 Å². The standard InChI is InChI=1S/C15H26ClN3O/c1-6-15(7-2,19(3)4)14(18-17)12-10-11(16)8-9-13(12)20-5/h8-10,14,18H,6-7,17H2,1-5H3. The lowest BCUT2D eigenvalue weighted by atomic mass is 9.79. The minimum atomic E-state index is -0.104. The van der Waals surface area contributed by atoms with Crippen LogP contribution in [0, 0.1) is 0 Å². The highest BCUT2D eigenvalue weighted by atomic mass is 35.5. The topological polar surface area (TPSA) is 50.5 Å². The number of nitrogens with one attached hydrogen (secondary N) is 1. The molecule has 1 rings (SSSR count). The number of ether oxygens (including phenoxy) is 1. The summed E-state index contributed by atoms with van der Waals surface area (Å²) in [5.74, 6) is 6.67. The Labute approximate surface area is 127 Å². The maximum absolute atomic E-state index is 6.15. The molecule has 0 saturated carbocycles. The number of rotatable bonds is 7. The third-order valence-electron chi connectivity index (χ3n) is 4.32. The SMILES string of the molecule is CCC(CC)(C(NN)c1cc(Cl)ccc1OC)N(C)C. The maximum atomic E-state index is 6.15. The van der Waals surface area contributed by atoms with E-state index < -0.39 is 0 Å². The lowest BCUT2D eigenvalue weighted by molar-refractivity contribution is 0.0869. The average molecular weight is 300 g/mol. The molecule has 0 fully saturated rings. The van der Waals surface area contributed by atoms with Crippen LogP contribution in [0.4, 0.5) is 0 Å². The predicted octanol–water partition coefficient (Wildman–Crippen LogP) is 2.97. The number of hydrazine groups is 1. The van der Waals surface area contributed by atoms with Crippen molar-refractivity contribution in [2.75, 3.05) is 21.2 Å². The molecule has 0 amide bonds. The van der Waals surface area contributed by atoms with Crippen molar-refractivity contribution in [2.24, 2.45) is 5.84 Å². The predicted molar refractivity (Wildman–Crippen MR) is 85.1 cm³/mol. The number of halogens is 1. The second-order valence-corrected chi connectivity index (χ2v) is 5.63. The van der Waals surface area contributed by atoms with E-state index in [1.807, 2.05) is 18.2 Å². The van der Waals surface area contributed by atoms with Gasteiger partial charge in [-0.15, -0.1) is 0 Å². The van der Waals surface area contributed by atoms with Gasteiger partial charge in [-0.2, -0.15) is 0 Å². The van der Waals surface area contributed by atoms with Gasteiger partial charge in [-0.25, -0.2) is 0 Å². The summed E-state index contributed by atoms with van der Waals surface area (Å²) >= 11 is 6.15. The molecule has 4 nitrogen and oxygen atoms in total. The molecule has 0 aliphatic rings. The summed E-state index contributed by atoms with van der Waals surface area (Å²) in [6.45, 7) is 4.34. The van der Waals surface area contributed by atoms with Gasteiger partial charge in [-0.05, 0) is 45.1 Å². The third-order valence-corrected chi connectivity index (χ3v) is 4.56. The number of methoxy groups -OCH3 is 1. The minimum Gasteiger partial charge on any atom is -0.496 e. The van der Waals surface area contributed by atoms with Crippen molar-refractivity contribution in [3.05, 3.63) is 28.8 Å². The van der Waals surface area contributed by atoms with Crippen molar-refractivity contribution in [2.45, 2.75) is 38.3 Å². The zero-order chi connectivity index (χ0) is 15.3. The minimum absolute atomic E-state index is 0.0684. The van der Waals surface area contributed by atoms with Crippen LogP contribution in [0.2, 0.25) is 5.02 Å². The van der Waals surface area contributed by atoms with E-state index in [1.165, 1.54) is 0 Å². The molecule has 1 atom stereocenters. The molecule has 3 N–H and O–H groups in total. The van der Waals surface area contributed by atoms with Gasteiger partial charge in [0.25, 0.3) is 0 Å². The van der Waals surface area contributed by atoms with Crippen molar-refractivity contribution < 1.29 is 4.74 Å². The Balaban J connectivity index is 3.40. The fourth-order valence-electron chi connectivity index (χ4n) is 3.01. The average Bonchev–Trinajstić information content (AvgIpc) is 2.44. The quantitative estimate of drug-likeness (QED) is 0.600. The molecule has 1 aromatic carbocycles. The molecule has 1 aromatic rings. The molecule has 114 valence electrons. The normalized spacial score (nSPS) is 13.6. The molecule has 0 aliphatic carbocycles. The first-order valence-electron chi connectivity index (χ1n) is 6.93. The van der Waals surface area contributed by atoms with Crippen molar-refractivity contribution in [1.29, 1.82) is 0 Å². The molecular weight excluding hydrogens is 274 g/mol. The van der Waals surface area contributed by atoms with Crippen LogP contribution in [0.3, 0.4) is 0 Å². The molecule has 0 spiro atoms. The summed E-state index contributed by atoms with van der Waals surface area (Å²) in [5.41, 5.74) is 3.85. The highest BCUT2D eigenvalue weighted by molar-refractivity contribution is 6.30. The molecule has 1 unspecified atom stereocenters. The molecule has 5 heteroatoms. The number of likely N-dealkylation sites (N-methyl/N-ethyl adjacent to an activating group) is 1. The Morgan fingerprint density at radius 1 is 1.35 bits per heavy atom. The first kappa shape index (κ1) is 17.2. The van der Waals surface area contributed by atoms with E-state index in [0.717, 1.165) is 24.2 Å². The molecular formula is C15H26ClN3O. The Kier molecular flexibility index (Phi) is 6.27. The van der Waals surface area contributed by atoms with Crippen molar-refractivity contribution >= 4 is 11.6 Å². The third kappa shape index (κ3) is 3.09. The van der Waals surface area contributed by atoms with E-state index in [-0.39, 0.29) is 11.6 Å². The lowest BCUT2D eigenvalue weighted by Gasteiger charge is -2.45. The Morgan fingerprint density at radius 2 is 1.95 bits per heavy atom. The van der Waals surface area contributed by atoms with Crippen LogP contribution < -0.4 is 16.0 Å². The molecule has 0 saturated heterocycles. The summed E-state index contributed by atoms with van der Waals surface area (Å²) in [6.07, 6.45) is 1.92. The molecule has 0 radical (unpaired) electrons. The largest absolute Gasteiger partial charge is 0.496 e. The highest BCUT2D eigenvalue weighted by Crippen LogP contribution is 2.40. The summed E-state index contributed by atoms with van der Waals surface area (Å²) < 4.78 is 5.47. The molecule has 0 heterocycles. The van der Waals surface area contributed by atoms with Crippen LogP contribution in [0.5, 0.6) is 5.75 Å². The van der Waals surface area contributed by atoms with Gasteiger partial charge in [-0.1, -0.05) is 25.4 Å². The van der Waals surface area contributed by atoms with Crippen LogP contribution in [0.1, 0.15) is 38.3 Å². The summed E-state index contributed by atoms with van der Waals surface area (Å²) in [7, 11) is 5.82. The number of benzene rings is 1. The Morgan fingerprint density at radius 3 is 2.35 bits per heavy atom. The van der Waals surface area contributed by atoms with Crippen molar-refractivity contribution in [1.82, 2.24) is 10.3 Å². The smallest absolute Gasteiger partial charge is 0.123 e. The highest BCUT2D eigenvalue weighted by Gasteiger charge is 2.39. The van der Waals surface area contributed by atoms with Gasteiger partial charge >= 0.3 is 0 Å². The molecule has 20 heavy (non-hydrogen) atoms. The fraction of sp³-hybridized carbons (Fsp3) is 0.600. The summed E-state index contributed by atoms with van der Waals surface area (Å²) in [4.78, 5) is 2.22. The van der Waals surface area contributed by atoms with Crippen molar-refractivity contribution in [3.63, 3.8) is 0 Å². The lowest BCUT2D eigenvalue weighted by Crippen LogP contribution is -2.54. The zero-order valence-electron chi connectivity index (χ0n) is 13.0. The fourth-order valence-corrected chi connectivity index (χ4v) is 3.19. The first-order valence-corrected chi connectivity index (χ1v) is 7.31. The second kappa shape index (κ2) is 7.27. The Bertz CT molecular complexity index is 433. The van der Waals surface area contributed by atoms with Crippen molar-refractivity contribution in [3.8, 4) is 5.75 Å². The van der Waals surface area contributed by atoms with Gasteiger partial charge < -0.3 is 9.64 Å². The van der Waals surface area contributed by atoms with Crippen LogP contribution >= 0.6 is 11.6 Å². The van der Waals surface area contributed by atoms with Crippen LogP contribution in [0.25, 0.3) is 0 Å². The zero-order valence-corrected chi connectivity index (χ0v) is 13.8. The van der Waals surface area contributed by atoms with Gasteiger partial charge in [0.2, 0.25) is 0 Å². The summed E-state index contributed by atoms with van der Waals surface area (Å²) in [5, 5.41) is 0.681. The molecule has 0 aliphatic heterocycles. The Hall–Kier alpha value is -0.810. The monoisotopic (exact) mass is 299 g/mol. The van der Waals surface area contributed by atoms with Crippen LogP contribution in [-0.4, -0.2) is 31.6 Å². The second-order valence-electron chi connectivity index (χ2n) is 5.19. The number of hydrogen-bond donors (Lipinski definition) is 2. The van der Waals surface area contributed by atoms with Gasteiger partial charge in [-0.3, -0.25) is 11.3 Å². The molecule has 0 bridgehead atoms. The number of hydrogen-bond acceptors (Lipinski definition) is 4. The maximum Gasteiger partial charge on any atom is 0.123 e. The van der Waals surface area contributed by atoms with E-state index in [9.17, 15) is 0 Å². The number of nitrogens with two attached hydrogens (primary N) is 1. The van der Waals surface area contributed by atoms with E-state index in [2.05, 4.69) is 38.3 Å². The van der Waals surface area contributed by atoms with Gasteiger partial charge in [0.1, 0.15) is 5.75 Å². The van der Waals surface area contributed by atoms with Gasteiger partial charge in [0, 0.05) is 16.1 Å². The van der Waals surface area contributed by atoms with Gasteiger partial charge in [0.05, 0.1) is 13.2 Å². The van der Waals surface area contributed by atoms with E-state index >= 15 is 0 Å².